The zero-order valence-electron chi connectivity index (χ0n) is 16.8. The number of carbonyl (C=O) groups is 1. The molecule has 0 aromatic heterocycles. The van der Waals surface area contributed by atoms with Crippen LogP contribution in [0.5, 0.6) is 11.5 Å². The smallest absolute Gasteiger partial charge is 0.227 e. The number of nitrogens with zero attached hydrogens (tertiary/aromatic N) is 3. The Balaban J connectivity index is 1.40. The predicted molar refractivity (Wildman–Crippen MR) is 115 cm³/mol. The van der Waals surface area contributed by atoms with Gasteiger partial charge >= 0.3 is 0 Å². The van der Waals surface area contributed by atoms with E-state index in [0.717, 1.165) is 43.7 Å². The maximum Gasteiger partial charge on any atom is 0.227 e. The van der Waals surface area contributed by atoms with Crippen LogP contribution >= 0.6 is 11.6 Å². The maximum absolute atomic E-state index is 13.0. The van der Waals surface area contributed by atoms with Crippen molar-refractivity contribution in [3.63, 3.8) is 0 Å². The summed E-state index contributed by atoms with van der Waals surface area (Å²) in [4.78, 5) is 17.1. The lowest BCUT2D eigenvalue weighted by atomic mass is 10.1. The van der Waals surface area contributed by atoms with Crippen LogP contribution in [0.3, 0.4) is 0 Å². The van der Waals surface area contributed by atoms with Crippen LogP contribution in [0.25, 0.3) is 0 Å². The lowest BCUT2D eigenvalue weighted by molar-refractivity contribution is -0.130. The Hall–Kier alpha value is -2.91. The summed E-state index contributed by atoms with van der Waals surface area (Å²) in [5, 5.41) is 9.45. The molecule has 156 valence electrons. The number of fused-ring (bicyclic) bond motifs is 1. The molecule has 1 fully saturated rings. The number of anilines is 1. The molecule has 0 atom stereocenters. The summed E-state index contributed by atoms with van der Waals surface area (Å²) in [6, 6.07) is 13.4. The van der Waals surface area contributed by atoms with E-state index >= 15 is 0 Å². The minimum Gasteiger partial charge on any atom is -0.489 e. The molecule has 2 aliphatic heterocycles. The third-order valence-electron chi connectivity index (χ3n) is 5.43. The SMILES string of the molecule is N#Cc1ccc(N2CCCN(C(=O)Cc3cc(Cl)c4c(c3)OCCCO4)CC2)cc1. The van der Waals surface area contributed by atoms with Gasteiger partial charge in [0.1, 0.15) is 0 Å². The fraction of sp³-hybridized carbons (Fsp3) is 0.391. The molecule has 2 heterocycles. The number of hydrogen-bond donors (Lipinski definition) is 0. The fourth-order valence-electron chi connectivity index (χ4n) is 3.84. The molecule has 0 bridgehead atoms. The van der Waals surface area contributed by atoms with Crippen molar-refractivity contribution in [2.24, 2.45) is 0 Å². The minimum absolute atomic E-state index is 0.0854. The van der Waals surface area contributed by atoms with Crippen LogP contribution in [-0.4, -0.2) is 50.2 Å². The third-order valence-corrected chi connectivity index (χ3v) is 5.71. The molecule has 0 spiro atoms. The summed E-state index contributed by atoms with van der Waals surface area (Å²) in [6.07, 6.45) is 1.99. The van der Waals surface area contributed by atoms with E-state index in [0.29, 0.717) is 41.8 Å². The molecule has 0 aliphatic carbocycles. The first kappa shape index (κ1) is 20.4. The van der Waals surface area contributed by atoms with Gasteiger partial charge in [-0.25, -0.2) is 0 Å². The molecular weight excluding hydrogens is 402 g/mol. The van der Waals surface area contributed by atoms with Crippen LogP contribution < -0.4 is 14.4 Å². The van der Waals surface area contributed by atoms with E-state index in [2.05, 4.69) is 11.0 Å². The van der Waals surface area contributed by atoms with Crippen LogP contribution in [0.4, 0.5) is 5.69 Å². The number of rotatable bonds is 3. The van der Waals surface area contributed by atoms with Crippen molar-refractivity contribution in [3.8, 4) is 17.6 Å². The van der Waals surface area contributed by atoms with Gasteiger partial charge in [0, 0.05) is 38.3 Å². The van der Waals surface area contributed by atoms with Crippen molar-refractivity contribution in [1.82, 2.24) is 4.90 Å². The van der Waals surface area contributed by atoms with Gasteiger partial charge < -0.3 is 19.3 Å². The standard InChI is InChI=1S/C23H24ClN3O3/c24-20-13-18(14-21-23(20)30-12-2-11-29-21)15-22(28)27-8-1-7-26(9-10-27)19-5-3-17(16-25)4-6-19/h3-6,13-14H,1-2,7-12,15H2. The molecule has 0 N–H and O–H groups in total. The van der Waals surface area contributed by atoms with Gasteiger partial charge in [0.15, 0.2) is 11.5 Å². The Kier molecular flexibility index (Phi) is 6.29. The zero-order valence-corrected chi connectivity index (χ0v) is 17.5. The van der Waals surface area contributed by atoms with Gasteiger partial charge in [0.25, 0.3) is 0 Å². The van der Waals surface area contributed by atoms with Gasteiger partial charge in [-0.2, -0.15) is 5.26 Å². The molecule has 2 aliphatic rings. The molecule has 0 saturated carbocycles. The molecule has 30 heavy (non-hydrogen) atoms. The number of benzene rings is 2. The van der Waals surface area contributed by atoms with Gasteiger partial charge in [-0.1, -0.05) is 11.6 Å². The number of ether oxygens (including phenoxy) is 2. The topological polar surface area (TPSA) is 65.8 Å². The average molecular weight is 426 g/mol. The van der Waals surface area contributed by atoms with E-state index in [4.69, 9.17) is 26.3 Å². The summed E-state index contributed by atoms with van der Waals surface area (Å²) < 4.78 is 11.4. The van der Waals surface area contributed by atoms with Crippen molar-refractivity contribution in [2.75, 3.05) is 44.3 Å². The highest BCUT2D eigenvalue weighted by Gasteiger charge is 2.22. The molecule has 2 aromatic carbocycles. The molecule has 2 aromatic rings. The highest BCUT2D eigenvalue weighted by atomic mass is 35.5. The Morgan fingerprint density at radius 1 is 1.03 bits per heavy atom. The van der Waals surface area contributed by atoms with Gasteiger partial charge in [-0.15, -0.1) is 0 Å². The van der Waals surface area contributed by atoms with Crippen LogP contribution in [0, 0.1) is 11.3 Å². The molecule has 1 amide bonds. The Morgan fingerprint density at radius 2 is 1.83 bits per heavy atom. The Labute approximate surface area is 181 Å². The largest absolute Gasteiger partial charge is 0.489 e. The quantitative estimate of drug-likeness (QED) is 0.750. The van der Waals surface area contributed by atoms with Crippen LogP contribution in [0.2, 0.25) is 5.02 Å². The second kappa shape index (κ2) is 9.27. The second-order valence-electron chi connectivity index (χ2n) is 7.51. The third kappa shape index (κ3) is 4.63. The van der Waals surface area contributed by atoms with E-state index in [9.17, 15) is 4.79 Å². The van der Waals surface area contributed by atoms with E-state index in [-0.39, 0.29) is 12.3 Å². The molecule has 7 heteroatoms. The van der Waals surface area contributed by atoms with Crippen molar-refractivity contribution in [3.05, 3.63) is 52.5 Å². The van der Waals surface area contributed by atoms with Crippen LogP contribution in [-0.2, 0) is 11.2 Å². The summed E-state index contributed by atoms with van der Waals surface area (Å²) in [7, 11) is 0. The first-order chi connectivity index (χ1) is 14.6. The predicted octanol–water partition coefficient (Wildman–Crippen LogP) is 3.65. The average Bonchev–Trinajstić information content (AvgIpc) is 3.15. The lowest BCUT2D eigenvalue weighted by Gasteiger charge is -2.24. The van der Waals surface area contributed by atoms with Crippen LogP contribution in [0.1, 0.15) is 24.0 Å². The Bertz CT molecular complexity index is 955. The van der Waals surface area contributed by atoms with Crippen molar-refractivity contribution in [1.29, 1.82) is 5.26 Å². The first-order valence-electron chi connectivity index (χ1n) is 10.2. The van der Waals surface area contributed by atoms with E-state index in [1.807, 2.05) is 35.2 Å². The normalized spacial score (nSPS) is 16.4. The molecule has 6 nitrogen and oxygen atoms in total. The highest BCUT2D eigenvalue weighted by molar-refractivity contribution is 6.32. The molecule has 0 radical (unpaired) electrons. The van der Waals surface area contributed by atoms with Crippen molar-refractivity contribution >= 4 is 23.2 Å². The summed E-state index contributed by atoms with van der Waals surface area (Å²) in [6.45, 7) is 4.19. The van der Waals surface area contributed by atoms with Crippen molar-refractivity contribution in [2.45, 2.75) is 19.3 Å². The number of nitriles is 1. The van der Waals surface area contributed by atoms with Gasteiger partial charge in [0.2, 0.25) is 5.91 Å². The number of amides is 1. The van der Waals surface area contributed by atoms with Gasteiger partial charge in [-0.05, 0) is 48.4 Å². The number of carbonyl (C=O) groups excluding carboxylic acids is 1. The summed E-state index contributed by atoms with van der Waals surface area (Å²) >= 11 is 6.37. The summed E-state index contributed by atoms with van der Waals surface area (Å²) in [5.74, 6) is 1.27. The monoisotopic (exact) mass is 425 g/mol. The van der Waals surface area contributed by atoms with E-state index in [1.165, 1.54) is 0 Å². The first-order valence-corrected chi connectivity index (χ1v) is 10.6. The molecular formula is C23H24ClN3O3. The van der Waals surface area contributed by atoms with Gasteiger partial charge in [0.05, 0.1) is 36.3 Å². The highest BCUT2D eigenvalue weighted by Crippen LogP contribution is 2.38. The molecule has 0 unspecified atom stereocenters. The maximum atomic E-state index is 13.0. The number of halogens is 1. The van der Waals surface area contributed by atoms with Gasteiger partial charge in [-0.3, -0.25) is 4.79 Å². The lowest BCUT2D eigenvalue weighted by Crippen LogP contribution is -2.36. The van der Waals surface area contributed by atoms with E-state index < -0.39 is 0 Å². The second-order valence-corrected chi connectivity index (χ2v) is 7.92. The Morgan fingerprint density at radius 3 is 2.63 bits per heavy atom. The van der Waals surface area contributed by atoms with E-state index in [1.54, 1.807) is 6.07 Å². The van der Waals surface area contributed by atoms with Crippen molar-refractivity contribution < 1.29 is 14.3 Å². The molecule has 4 rings (SSSR count). The number of hydrogen-bond acceptors (Lipinski definition) is 5. The summed E-state index contributed by atoms with van der Waals surface area (Å²) in [5.41, 5.74) is 2.57. The van der Waals surface area contributed by atoms with Crippen LogP contribution in [0.15, 0.2) is 36.4 Å². The minimum atomic E-state index is 0.0854. The fourth-order valence-corrected chi connectivity index (χ4v) is 4.13. The molecule has 1 saturated heterocycles. The zero-order chi connectivity index (χ0) is 20.9.